The normalized spacial score (nSPS) is 13.2. The van der Waals surface area contributed by atoms with Crippen molar-refractivity contribution in [2.45, 2.75) is 20.5 Å². The molecule has 0 saturated heterocycles. The quantitative estimate of drug-likeness (QED) is 0.641. The molecule has 1 aliphatic rings. The van der Waals surface area contributed by atoms with Gasteiger partial charge in [0.2, 0.25) is 0 Å². The number of benzene rings is 2. The van der Waals surface area contributed by atoms with Crippen LogP contribution in [0.4, 0.5) is 5.69 Å². The summed E-state index contributed by atoms with van der Waals surface area (Å²) in [6, 6.07) is 12.6. The highest BCUT2D eigenvalue weighted by molar-refractivity contribution is 6.52. The number of aryl methyl sites for hydroxylation is 2. The number of fused-ring (bicyclic) bond motifs is 1. The Morgan fingerprint density at radius 3 is 2.62 bits per heavy atom. The summed E-state index contributed by atoms with van der Waals surface area (Å²) in [6.07, 6.45) is 0. The van der Waals surface area contributed by atoms with Crippen LogP contribution >= 0.6 is 0 Å². The van der Waals surface area contributed by atoms with Crippen LogP contribution in [0.1, 0.15) is 27.0 Å². The van der Waals surface area contributed by atoms with Crippen LogP contribution in [0.5, 0.6) is 0 Å². The Morgan fingerprint density at radius 2 is 1.83 bits per heavy atom. The fourth-order valence-corrected chi connectivity index (χ4v) is 2.69. The van der Waals surface area contributed by atoms with Crippen molar-refractivity contribution in [2.75, 3.05) is 11.4 Å². The van der Waals surface area contributed by atoms with Crippen molar-refractivity contribution in [3.8, 4) is 0 Å². The van der Waals surface area contributed by atoms with Crippen molar-refractivity contribution in [3.05, 3.63) is 64.7 Å². The molecule has 1 heterocycles. The third-order valence-corrected chi connectivity index (χ3v) is 4.06. The summed E-state index contributed by atoms with van der Waals surface area (Å²) >= 11 is 0. The van der Waals surface area contributed by atoms with Crippen molar-refractivity contribution in [1.29, 1.82) is 0 Å². The average molecular weight is 323 g/mol. The van der Waals surface area contributed by atoms with Crippen LogP contribution in [0.3, 0.4) is 0 Å². The number of rotatable bonds is 4. The second-order valence-corrected chi connectivity index (χ2v) is 5.83. The van der Waals surface area contributed by atoms with E-state index in [1.54, 1.807) is 24.3 Å². The van der Waals surface area contributed by atoms with Crippen LogP contribution in [0.2, 0.25) is 0 Å². The molecule has 0 spiro atoms. The first-order chi connectivity index (χ1) is 11.5. The van der Waals surface area contributed by atoms with Crippen LogP contribution in [0.25, 0.3) is 0 Å². The lowest BCUT2D eigenvalue weighted by Gasteiger charge is -2.16. The molecule has 0 N–H and O–H groups in total. The van der Waals surface area contributed by atoms with Gasteiger partial charge in [-0.1, -0.05) is 35.9 Å². The number of ketones is 1. The molecule has 5 heteroatoms. The number of esters is 1. The van der Waals surface area contributed by atoms with Crippen LogP contribution < -0.4 is 4.90 Å². The Labute approximate surface area is 139 Å². The Balaban J connectivity index is 1.68. The Morgan fingerprint density at radius 1 is 1.08 bits per heavy atom. The maximum atomic E-state index is 12.1. The first-order valence-corrected chi connectivity index (χ1v) is 7.64. The minimum Gasteiger partial charge on any atom is -0.459 e. The smallest absolute Gasteiger partial charge is 0.326 e. The third-order valence-electron chi connectivity index (χ3n) is 4.06. The molecule has 0 radical (unpaired) electrons. The van der Waals surface area contributed by atoms with Gasteiger partial charge in [-0.25, -0.2) is 0 Å². The van der Waals surface area contributed by atoms with E-state index >= 15 is 0 Å². The summed E-state index contributed by atoms with van der Waals surface area (Å²) in [5.41, 5.74) is 3.82. The molecule has 1 amide bonds. The van der Waals surface area contributed by atoms with E-state index < -0.39 is 17.7 Å². The van der Waals surface area contributed by atoms with Crippen LogP contribution in [0, 0.1) is 13.8 Å². The molecule has 0 aromatic heterocycles. The van der Waals surface area contributed by atoms with Crippen molar-refractivity contribution >= 4 is 23.3 Å². The molecule has 0 fully saturated rings. The fourth-order valence-electron chi connectivity index (χ4n) is 2.69. The van der Waals surface area contributed by atoms with Gasteiger partial charge in [0.25, 0.3) is 11.7 Å². The van der Waals surface area contributed by atoms with Gasteiger partial charge < -0.3 is 4.74 Å². The van der Waals surface area contributed by atoms with Crippen molar-refractivity contribution in [2.24, 2.45) is 0 Å². The van der Waals surface area contributed by atoms with E-state index in [9.17, 15) is 14.4 Å². The molecule has 3 rings (SSSR count). The largest absolute Gasteiger partial charge is 0.459 e. The number of hydrogen-bond acceptors (Lipinski definition) is 4. The second-order valence-electron chi connectivity index (χ2n) is 5.83. The minimum atomic E-state index is -0.695. The Bertz CT molecular complexity index is 841. The molecule has 0 unspecified atom stereocenters. The van der Waals surface area contributed by atoms with Gasteiger partial charge >= 0.3 is 5.97 Å². The summed E-state index contributed by atoms with van der Waals surface area (Å²) in [5, 5.41) is 0. The monoisotopic (exact) mass is 323 g/mol. The number of hydrogen-bond donors (Lipinski definition) is 0. The van der Waals surface area contributed by atoms with Gasteiger partial charge in [-0.15, -0.1) is 0 Å². The molecule has 0 aliphatic carbocycles. The molecule has 5 nitrogen and oxygen atoms in total. The second kappa shape index (κ2) is 6.28. The number of para-hydroxylation sites is 1. The van der Waals surface area contributed by atoms with E-state index in [4.69, 9.17) is 4.74 Å². The summed E-state index contributed by atoms with van der Waals surface area (Å²) in [7, 11) is 0. The highest BCUT2D eigenvalue weighted by Gasteiger charge is 2.36. The van der Waals surface area contributed by atoms with Gasteiger partial charge in [-0.2, -0.15) is 0 Å². The zero-order valence-corrected chi connectivity index (χ0v) is 13.5. The van der Waals surface area contributed by atoms with Gasteiger partial charge in [-0.3, -0.25) is 19.3 Å². The number of nitrogens with zero attached hydrogens (tertiary/aromatic N) is 1. The predicted octanol–water partition coefficient (Wildman–Crippen LogP) is 2.58. The van der Waals surface area contributed by atoms with Gasteiger partial charge in [0.05, 0.1) is 11.3 Å². The maximum Gasteiger partial charge on any atom is 0.326 e. The van der Waals surface area contributed by atoms with Gasteiger partial charge in [0.15, 0.2) is 0 Å². The fraction of sp³-hybridized carbons (Fsp3) is 0.211. The molecule has 0 atom stereocenters. The Kier molecular flexibility index (Phi) is 4.16. The van der Waals surface area contributed by atoms with Crippen molar-refractivity contribution in [3.63, 3.8) is 0 Å². The highest BCUT2D eigenvalue weighted by atomic mass is 16.5. The number of ether oxygens (including phenoxy) is 1. The van der Waals surface area contributed by atoms with Crippen LogP contribution in [-0.4, -0.2) is 24.2 Å². The van der Waals surface area contributed by atoms with E-state index in [1.165, 1.54) is 4.90 Å². The number of amides is 1. The van der Waals surface area contributed by atoms with Gasteiger partial charge in [0, 0.05) is 0 Å². The standard InChI is InChI=1S/C19H17NO4/c1-12-7-8-13(2)14(9-12)11-24-17(21)10-20-16-6-4-3-5-15(16)18(22)19(20)23/h3-9H,10-11H2,1-2H3. The third kappa shape index (κ3) is 2.93. The van der Waals surface area contributed by atoms with Crippen LogP contribution in [0.15, 0.2) is 42.5 Å². The molecular weight excluding hydrogens is 306 g/mol. The first-order valence-electron chi connectivity index (χ1n) is 7.64. The topological polar surface area (TPSA) is 63.7 Å². The van der Waals surface area contributed by atoms with Gasteiger partial charge in [-0.05, 0) is 37.1 Å². The van der Waals surface area contributed by atoms with E-state index in [-0.39, 0.29) is 13.2 Å². The molecule has 0 saturated carbocycles. The molecule has 24 heavy (non-hydrogen) atoms. The average Bonchev–Trinajstić information content (AvgIpc) is 2.81. The zero-order valence-electron chi connectivity index (χ0n) is 13.5. The molecule has 2 aromatic carbocycles. The summed E-state index contributed by atoms with van der Waals surface area (Å²) in [4.78, 5) is 37.2. The molecule has 2 aromatic rings. The number of carbonyl (C=O) groups is 3. The SMILES string of the molecule is Cc1ccc(C)c(COC(=O)CN2C(=O)C(=O)c3ccccc32)c1. The first kappa shape index (κ1) is 15.9. The number of carbonyl (C=O) groups excluding carboxylic acids is 3. The Hall–Kier alpha value is -2.95. The summed E-state index contributed by atoms with van der Waals surface area (Å²) < 4.78 is 5.28. The van der Waals surface area contributed by atoms with Crippen molar-refractivity contribution in [1.82, 2.24) is 0 Å². The van der Waals surface area contributed by atoms with Gasteiger partial charge in [0.1, 0.15) is 13.2 Å². The lowest BCUT2D eigenvalue weighted by atomic mass is 10.1. The van der Waals surface area contributed by atoms with Crippen molar-refractivity contribution < 1.29 is 19.1 Å². The minimum absolute atomic E-state index is 0.143. The molecule has 122 valence electrons. The summed E-state index contributed by atoms with van der Waals surface area (Å²) in [5.74, 6) is -1.83. The predicted molar refractivity (Wildman–Crippen MR) is 88.8 cm³/mol. The van der Waals surface area contributed by atoms with E-state index in [0.29, 0.717) is 11.3 Å². The molecule has 0 bridgehead atoms. The lowest BCUT2D eigenvalue weighted by molar-refractivity contribution is -0.143. The van der Waals surface area contributed by atoms with E-state index in [2.05, 4.69) is 0 Å². The maximum absolute atomic E-state index is 12.1. The highest BCUT2D eigenvalue weighted by Crippen LogP contribution is 2.28. The van der Waals surface area contributed by atoms with E-state index in [0.717, 1.165) is 16.7 Å². The number of Topliss-reactive ketones (excluding diaryl/α,β-unsaturated/α-hetero) is 1. The number of anilines is 1. The zero-order chi connectivity index (χ0) is 17.3. The summed E-state index contributed by atoms with van der Waals surface area (Å²) in [6.45, 7) is 3.79. The molecule has 1 aliphatic heterocycles. The lowest BCUT2D eigenvalue weighted by Crippen LogP contribution is -2.35. The van der Waals surface area contributed by atoms with E-state index in [1.807, 2.05) is 32.0 Å². The molecular formula is C19H17NO4. The van der Waals surface area contributed by atoms with Crippen LogP contribution in [-0.2, 0) is 20.9 Å².